The van der Waals surface area contributed by atoms with Crippen LogP contribution in [0.4, 0.5) is 0 Å². The van der Waals surface area contributed by atoms with E-state index in [0.29, 0.717) is 11.3 Å². The fraction of sp³-hybridized carbons (Fsp3) is 0.429. The number of hydrogen-bond donors (Lipinski definition) is 6. The van der Waals surface area contributed by atoms with Gasteiger partial charge >= 0.3 is 23.5 Å². The zero-order valence-corrected chi connectivity index (χ0v) is 19.5. The summed E-state index contributed by atoms with van der Waals surface area (Å²) in [6, 6.07) is 5.24. The van der Waals surface area contributed by atoms with E-state index in [0.717, 1.165) is 10.1 Å². The van der Waals surface area contributed by atoms with Crippen molar-refractivity contribution in [1.29, 1.82) is 0 Å². The SMILES string of the molecule is COc1cc2sccc2cc1[C@@H]1O[C@H](COP(=O)(O)OP(=O)(O)OP(=O)(O)O)[C@H](O)C1O. The lowest BCUT2D eigenvalue weighted by atomic mass is 9.99. The van der Waals surface area contributed by atoms with Crippen molar-refractivity contribution in [1.82, 2.24) is 0 Å². The van der Waals surface area contributed by atoms with Gasteiger partial charge in [-0.1, -0.05) is 0 Å². The number of phosphoric acid groups is 3. The van der Waals surface area contributed by atoms with E-state index in [1.54, 1.807) is 12.1 Å². The van der Waals surface area contributed by atoms with Crippen LogP contribution in [-0.4, -0.2) is 61.8 Å². The normalized spacial score (nSPS) is 27.8. The Balaban J connectivity index is 1.71. The van der Waals surface area contributed by atoms with Crippen LogP contribution < -0.4 is 4.74 Å². The van der Waals surface area contributed by atoms with Crippen LogP contribution in [0.2, 0.25) is 0 Å². The zero-order chi connectivity index (χ0) is 23.9. The predicted molar refractivity (Wildman–Crippen MR) is 108 cm³/mol. The van der Waals surface area contributed by atoms with Gasteiger partial charge in [-0.3, -0.25) is 4.52 Å². The van der Waals surface area contributed by atoms with Crippen LogP contribution in [0.25, 0.3) is 10.1 Å². The first kappa shape index (κ1) is 25.9. The third-order valence-electron chi connectivity index (χ3n) is 4.29. The molecule has 0 bridgehead atoms. The average Bonchev–Trinajstić information content (AvgIpc) is 3.20. The van der Waals surface area contributed by atoms with Crippen molar-refractivity contribution in [3.8, 4) is 5.75 Å². The molecule has 6 atom stereocenters. The monoisotopic (exact) mass is 536 g/mol. The number of aliphatic hydroxyl groups is 2. The Morgan fingerprint density at radius 1 is 1.03 bits per heavy atom. The molecule has 1 saturated heterocycles. The lowest BCUT2D eigenvalue weighted by molar-refractivity contribution is -0.0227. The molecule has 1 fully saturated rings. The fourth-order valence-corrected chi connectivity index (χ4v) is 6.85. The molecule has 3 rings (SSSR count). The fourth-order valence-electron chi connectivity index (χ4n) is 3.02. The van der Waals surface area contributed by atoms with Crippen LogP contribution in [0.3, 0.4) is 0 Å². The first-order valence-corrected chi connectivity index (χ1v) is 14.0. The highest BCUT2D eigenvalue weighted by molar-refractivity contribution is 7.66. The van der Waals surface area contributed by atoms with E-state index in [-0.39, 0.29) is 0 Å². The molecule has 1 aromatic heterocycles. The van der Waals surface area contributed by atoms with E-state index in [9.17, 15) is 28.8 Å². The molecule has 1 aliphatic heterocycles. The first-order chi connectivity index (χ1) is 14.7. The number of hydrogen-bond acceptors (Lipinski definition) is 11. The van der Waals surface area contributed by atoms with Crippen LogP contribution in [0.5, 0.6) is 5.75 Å². The minimum absolute atomic E-state index is 0.365. The Labute approximate surface area is 184 Å². The number of rotatable bonds is 9. The maximum Gasteiger partial charge on any atom is 0.490 e. The van der Waals surface area contributed by atoms with Crippen LogP contribution >= 0.6 is 34.8 Å². The van der Waals surface area contributed by atoms with E-state index >= 15 is 0 Å². The molecule has 1 aromatic carbocycles. The molecule has 0 aliphatic carbocycles. The lowest BCUT2D eigenvalue weighted by Crippen LogP contribution is -2.33. The number of aliphatic hydroxyl groups excluding tert-OH is 2. The van der Waals surface area contributed by atoms with Gasteiger partial charge in [0.05, 0.1) is 13.7 Å². The molecular formula is C14H19O14P3S. The van der Waals surface area contributed by atoms with Crippen molar-refractivity contribution in [3.63, 3.8) is 0 Å². The number of ether oxygens (including phenoxy) is 2. The van der Waals surface area contributed by atoms with Gasteiger partial charge in [-0.15, -0.1) is 11.3 Å². The summed E-state index contributed by atoms with van der Waals surface area (Å²) in [5.41, 5.74) is 0.394. The van der Waals surface area contributed by atoms with E-state index in [2.05, 4.69) is 13.1 Å². The van der Waals surface area contributed by atoms with E-state index in [1.165, 1.54) is 18.4 Å². The molecule has 6 N–H and O–H groups in total. The van der Waals surface area contributed by atoms with Gasteiger partial charge in [0.15, 0.2) is 0 Å². The predicted octanol–water partition coefficient (Wildman–Crippen LogP) is 1.41. The van der Waals surface area contributed by atoms with Gasteiger partial charge in [0.1, 0.15) is 30.2 Å². The van der Waals surface area contributed by atoms with Crippen molar-refractivity contribution in [3.05, 3.63) is 29.1 Å². The van der Waals surface area contributed by atoms with Gasteiger partial charge in [-0.2, -0.15) is 8.62 Å². The topological polar surface area (TPSA) is 219 Å². The molecule has 2 aromatic rings. The number of thiophene rings is 1. The number of phosphoric ester groups is 1. The minimum atomic E-state index is -5.68. The Morgan fingerprint density at radius 3 is 2.34 bits per heavy atom. The van der Waals surface area contributed by atoms with E-state index in [1.807, 2.05) is 11.4 Å². The lowest BCUT2D eigenvalue weighted by Gasteiger charge is -2.19. The van der Waals surface area contributed by atoms with Crippen molar-refractivity contribution in [2.45, 2.75) is 24.4 Å². The number of methoxy groups -OCH3 is 1. The summed E-state index contributed by atoms with van der Waals surface area (Å²) in [7, 11) is -15.2. The third-order valence-corrected chi connectivity index (χ3v) is 8.97. The zero-order valence-electron chi connectivity index (χ0n) is 16.0. The van der Waals surface area contributed by atoms with Gasteiger partial charge in [-0.25, -0.2) is 13.7 Å². The van der Waals surface area contributed by atoms with Crippen LogP contribution in [0.1, 0.15) is 11.7 Å². The molecular weight excluding hydrogens is 517 g/mol. The Kier molecular flexibility index (Phi) is 7.68. The van der Waals surface area contributed by atoms with Gasteiger partial charge in [0.25, 0.3) is 0 Å². The van der Waals surface area contributed by atoms with Crippen LogP contribution in [0.15, 0.2) is 23.6 Å². The molecule has 32 heavy (non-hydrogen) atoms. The molecule has 2 heterocycles. The second-order valence-electron chi connectivity index (χ2n) is 6.52. The summed E-state index contributed by atoms with van der Waals surface area (Å²) in [6.45, 7) is -0.901. The average molecular weight is 536 g/mol. The largest absolute Gasteiger partial charge is 0.496 e. The molecule has 180 valence electrons. The van der Waals surface area contributed by atoms with Gasteiger partial charge in [0.2, 0.25) is 0 Å². The summed E-state index contributed by atoms with van der Waals surface area (Å²) in [4.78, 5) is 35.8. The first-order valence-electron chi connectivity index (χ1n) is 8.56. The van der Waals surface area contributed by atoms with Crippen LogP contribution in [-0.2, 0) is 31.6 Å². The second-order valence-corrected chi connectivity index (χ2v) is 11.9. The van der Waals surface area contributed by atoms with Crippen molar-refractivity contribution in [2.24, 2.45) is 0 Å². The molecule has 0 spiro atoms. The van der Waals surface area contributed by atoms with Crippen molar-refractivity contribution < 1.29 is 66.1 Å². The molecule has 14 nitrogen and oxygen atoms in total. The second kappa shape index (κ2) is 9.49. The molecule has 0 saturated carbocycles. The molecule has 0 radical (unpaired) electrons. The Morgan fingerprint density at radius 2 is 1.72 bits per heavy atom. The summed E-state index contributed by atoms with van der Waals surface area (Å²) in [6.07, 6.45) is -5.59. The highest BCUT2D eigenvalue weighted by atomic mass is 32.1. The molecule has 18 heteroatoms. The van der Waals surface area contributed by atoms with Gasteiger partial charge < -0.3 is 39.3 Å². The quantitative estimate of drug-likeness (QED) is 0.250. The summed E-state index contributed by atoms with van der Waals surface area (Å²) in [5.74, 6) is 0.365. The molecule has 0 amide bonds. The van der Waals surface area contributed by atoms with Gasteiger partial charge in [-0.05, 0) is 29.0 Å². The molecule has 3 unspecified atom stereocenters. The molecule has 1 aliphatic rings. The number of benzene rings is 1. The summed E-state index contributed by atoms with van der Waals surface area (Å²) >= 11 is 1.46. The van der Waals surface area contributed by atoms with Gasteiger partial charge in [0, 0.05) is 10.3 Å². The maximum absolute atomic E-state index is 11.9. The third kappa shape index (κ3) is 6.23. The summed E-state index contributed by atoms with van der Waals surface area (Å²) in [5, 5.41) is 23.4. The Hall–Kier alpha value is -0.730. The Bertz CT molecular complexity index is 1110. The van der Waals surface area contributed by atoms with Crippen LogP contribution in [0, 0.1) is 0 Å². The highest BCUT2D eigenvalue weighted by Crippen LogP contribution is 2.66. The van der Waals surface area contributed by atoms with Crippen molar-refractivity contribution in [2.75, 3.05) is 13.7 Å². The number of fused-ring (bicyclic) bond motifs is 1. The summed E-state index contributed by atoms with van der Waals surface area (Å²) < 4.78 is 57.4. The van der Waals surface area contributed by atoms with E-state index in [4.69, 9.17) is 24.2 Å². The minimum Gasteiger partial charge on any atom is -0.496 e. The van der Waals surface area contributed by atoms with E-state index < -0.39 is 54.5 Å². The highest BCUT2D eigenvalue weighted by Gasteiger charge is 2.47. The maximum atomic E-state index is 11.9. The smallest absolute Gasteiger partial charge is 0.490 e. The standard InChI is InChI=1S/C14H19O14P3S/c1-24-9-5-11-7(2-3-32-11)4-8(9)14-13(16)12(15)10(26-14)6-25-30(20,21)28-31(22,23)27-29(17,18)19/h2-5,10,12-16H,6H2,1H3,(H,20,21)(H,22,23)(H2,17,18,19)/t10-,12+,13?,14+/m1/s1. The van der Waals surface area contributed by atoms with Crippen molar-refractivity contribution >= 4 is 44.9 Å².